The molecule has 0 spiro atoms. The maximum Gasteiger partial charge on any atom is 0.234 e. The predicted molar refractivity (Wildman–Crippen MR) is 53.6 cm³/mol. The van der Waals surface area contributed by atoms with E-state index in [1.807, 2.05) is 32.2 Å². The Kier molecular flexibility index (Phi) is 3.64. The fourth-order valence-corrected chi connectivity index (χ4v) is 1.11. The fourth-order valence-electron chi connectivity index (χ4n) is 1.11. The monoisotopic (exact) mass is 196 g/mol. The Bertz CT molecular complexity index is 306. The molecule has 1 amide bonds. The highest BCUT2D eigenvalue weighted by Crippen LogP contribution is 1.94. The molecule has 0 bridgehead atoms. The summed E-state index contributed by atoms with van der Waals surface area (Å²) in [5.41, 5.74) is 1.01. The smallest absolute Gasteiger partial charge is 0.234 e. The SMILES string of the molecule is CN(C)CC(=O)NCc1cnn(C)c1. The number of rotatable bonds is 4. The van der Waals surface area contributed by atoms with Crippen molar-refractivity contribution >= 4 is 5.91 Å². The van der Waals surface area contributed by atoms with E-state index in [1.54, 1.807) is 10.9 Å². The van der Waals surface area contributed by atoms with Crippen LogP contribution in [-0.2, 0) is 18.4 Å². The standard InChI is InChI=1S/C9H16N4O/c1-12(2)7-9(14)10-4-8-5-11-13(3)6-8/h5-6H,4,7H2,1-3H3,(H,10,14). The van der Waals surface area contributed by atoms with E-state index in [0.29, 0.717) is 13.1 Å². The summed E-state index contributed by atoms with van der Waals surface area (Å²) in [7, 11) is 5.58. The molecule has 0 aliphatic carbocycles. The zero-order valence-corrected chi connectivity index (χ0v) is 8.82. The van der Waals surface area contributed by atoms with E-state index in [4.69, 9.17) is 0 Å². The number of nitrogens with one attached hydrogen (secondary N) is 1. The molecule has 78 valence electrons. The van der Waals surface area contributed by atoms with Gasteiger partial charge in [-0.1, -0.05) is 0 Å². The van der Waals surface area contributed by atoms with Gasteiger partial charge in [0.05, 0.1) is 12.7 Å². The summed E-state index contributed by atoms with van der Waals surface area (Å²) in [4.78, 5) is 13.1. The summed E-state index contributed by atoms with van der Waals surface area (Å²) in [5, 5.41) is 6.82. The number of nitrogens with zero attached hydrogens (tertiary/aromatic N) is 3. The number of hydrogen-bond donors (Lipinski definition) is 1. The van der Waals surface area contributed by atoms with Crippen molar-refractivity contribution in [3.05, 3.63) is 18.0 Å². The zero-order chi connectivity index (χ0) is 10.6. The van der Waals surface area contributed by atoms with Crippen LogP contribution in [0.1, 0.15) is 5.56 Å². The molecule has 0 saturated heterocycles. The fraction of sp³-hybridized carbons (Fsp3) is 0.556. The number of amides is 1. The van der Waals surface area contributed by atoms with Crippen molar-refractivity contribution in [3.63, 3.8) is 0 Å². The lowest BCUT2D eigenvalue weighted by Crippen LogP contribution is -2.32. The van der Waals surface area contributed by atoms with Crippen LogP contribution in [0.15, 0.2) is 12.4 Å². The molecule has 14 heavy (non-hydrogen) atoms. The molecule has 5 nitrogen and oxygen atoms in total. The van der Waals surface area contributed by atoms with Crippen LogP contribution in [0.25, 0.3) is 0 Å². The van der Waals surface area contributed by atoms with Crippen molar-refractivity contribution in [2.75, 3.05) is 20.6 Å². The van der Waals surface area contributed by atoms with Gasteiger partial charge in [0.2, 0.25) is 5.91 Å². The highest BCUT2D eigenvalue weighted by molar-refractivity contribution is 5.77. The molecule has 0 saturated carbocycles. The van der Waals surface area contributed by atoms with Crippen molar-refractivity contribution in [1.29, 1.82) is 0 Å². The molecule has 1 aromatic heterocycles. The van der Waals surface area contributed by atoms with Crippen LogP contribution in [0.3, 0.4) is 0 Å². The summed E-state index contributed by atoms with van der Waals surface area (Å²) in [5.74, 6) is 0.0267. The Morgan fingerprint density at radius 1 is 1.64 bits per heavy atom. The quantitative estimate of drug-likeness (QED) is 0.712. The Labute approximate surface area is 83.7 Å². The van der Waals surface area contributed by atoms with Gasteiger partial charge in [-0.2, -0.15) is 5.10 Å². The van der Waals surface area contributed by atoms with E-state index in [2.05, 4.69) is 10.4 Å². The summed E-state index contributed by atoms with van der Waals surface area (Å²) in [6, 6.07) is 0. The van der Waals surface area contributed by atoms with Crippen molar-refractivity contribution < 1.29 is 4.79 Å². The van der Waals surface area contributed by atoms with Gasteiger partial charge in [-0.3, -0.25) is 9.48 Å². The second-order valence-corrected chi connectivity index (χ2v) is 3.54. The lowest BCUT2D eigenvalue weighted by atomic mass is 10.3. The summed E-state index contributed by atoms with van der Waals surface area (Å²) < 4.78 is 1.72. The van der Waals surface area contributed by atoms with Crippen LogP contribution in [0.4, 0.5) is 0 Å². The van der Waals surface area contributed by atoms with Gasteiger partial charge in [0.15, 0.2) is 0 Å². The molecule has 0 unspecified atom stereocenters. The van der Waals surface area contributed by atoms with Crippen LogP contribution in [0.5, 0.6) is 0 Å². The maximum atomic E-state index is 11.3. The molecule has 1 N–H and O–H groups in total. The second kappa shape index (κ2) is 4.76. The number of aromatic nitrogens is 2. The van der Waals surface area contributed by atoms with E-state index >= 15 is 0 Å². The third-order valence-electron chi connectivity index (χ3n) is 1.71. The van der Waals surface area contributed by atoms with Crippen molar-refractivity contribution in [3.8, 4) is 0 Å². The molecule has 0 fully saturated rings. The largest absolute Gasteiger partial charge is 0.351 e. The third kappa shape index (κ3) is 3.57. The maximum absolute atomic E-state index is 11.3. The number of carbonyl (C=O) groups is 1. The number of likely N-dealkylation sites (N-methyl/N-ethyl adjacent to an activating group) is 1. The molecule has 0 radical (unpaired) electrons. The van der Waals surface area contributed by atoms with E-state index in [9.17, 15) is 4.79 Å². The Morgan fingerprint density at radius 2 is 2.36 bits per heavy atom. The van der Waals surface area contributed by atoms with Gasteiger partial charge >= 0.3 is 0 Å². The third-order valence-corrected chi connectivity index (χ3v) is 1.71. The first-order valence-electron chi connectivity index (χ1n) is 4.47. The lowest BCUT2D eigenvalue weighted by molar-refractivity contribution is -0.121. The molecular weight excluding hydrogens is 180 g/mol. The summed E-state index contributed by atoms with van der Waals surface area (Å²) >= 11 is 0. The van der Waals surface area contributed by atoms with Gasteiger partial charge < -0.3 is 10.2 Å². The van der Waals surface area contributed by atoms with Crippen LogP contribution in [0.2, 0.25) is 0 Å². The van der Waals surface area contributed by atoms with Crippen molar-refractivity contribution in [2.45, 2.75) is 6.54 Å². The van der Waals surface area contributed by atoms with Gasteiger partial charge in [0, 0.05) is 25.4 Å². The molecule has 1 aromatic rings. The van der Waals surface area contributed by atoms with Gasteiger partial charge in [0.1, 0.15) is 0 Å². The molecule has 1 heterocycles. The topological polar surface area (TPSA) is 50.2 Å². The first-order chi connectivity index (χ1) is 6.58. The summed E-state index contributed by atoms with van der Waals surface area (Å²) in [6.45, 7) is 0.959. The minimum atomic E-state index is 0.0267. The minimum Gasteiger partial charge on any atom is -0.351 e. The van der Waals surface area contributed by atoms with Gasteiger partial charge in [-0.05, 0) is 14.1 Å². The lowest BCUT2D eigenvalue weighted by Gasteiger charge is -2.08. The predicted octanol–water partition coefficient (Wildman–Crippen LogP) is -0.402. The minimum absolute atomic E-state index is 0.0267. The highest BCUT2D eigenvalue weighted by atomic mass is 16.1. The molecule has 0 aliphatic heterocycles. The number of aryl methyl sites for hydroxylation is 1. The number of hydrogen-bond acceptors (Lipinski definition) is 3. The van der Waals surface area contributed by atoms with Crippen LogP contribution in [0, 0.1) is 0 Å². The van der Waals surface area contributed by atoms with Gasteiger partial charge in [-0.25, -0.2) is 0 Å². The molecular formula is C9H16N4O. The van der Waals surface area contributed by atoms with E-state index in [1.165, 1.54) is 0 Å². The Balaban J connectivity index is 2.30. The van der Waals surface area contributed by atoms with E-state index in [-0.39, 0.29) is 5.91 Å². The zero-order valence-electron chi connectivity index (χ0n) is 8.82. The number of carbonyl (C=O) groups excluding carboxylic acids is 1. The first-order valence-corrected chi connectivity index (χ1v) is 4.47. The van der Waals surface area contributed by atoms with Crippen LogP contribution >= 0.6 is 0 Å². The van der Waals surface area contributed by atoms with Crippen LogP contribution in [-0.4, -0.2) is 41.2 Å². The molecule has 0 aliphatic rings. The van der Waals surface area contributed by atoms with E-state index < -0.39 is 0 Å². The van der Waals surface area contributed by atoms with E-state index in [0.717, 1.165) is 5.56 Å². The highest BCUT2D eigenvalue weighted by Gasteiger charge is 2.02. The van der Waals surface area contributed by atoms with Gasteiger partial charge in [-0.15, -0.1) is 0 Å². The Hall–Kier alpha value is -1.36. The average Bonchev–Trinajstić information content (AvgIpc) is 2.47. The van der Waals surface area contributed by atoms with Gasteiger partial charge in [0.25, 0.3) is 0 Å². The average molecular weight is 196 g/mol. The van der Waals surface area contributed by atoms with Crippen molar-refractivity contribution in [1.82, 2.24) is 20.0 Å². The molecule has 0 aromatic carbocycles. The normalized spacial score (nSPS) is 10.6. The van der Waals surface area contributed by atoms with Crippen LogP contribution < -0.4 is 5.32 Å². The molecule has 5 heteroatoms. The summed E-state index contributed by atoms with van der Waals surface area (Å²) in [6.07, 6.45) is 3.63. The Morgan fingerprint density at radius 3 is 2.86 bits per heavy atom. The molecule has 0 atom stereocenters. The second-order valence-electron chi connectivity index (χ2n) is 3.54. The molecule has 1 rings (SSSR count). The first kappa shape index (κ1) is 10.7. The van der Waals surface area contributed by atoms with Crippen molar-refractivity contribution in [2.24, 2.45) is 7.05 Å².